The molecule has 1 aromatic heterocycles. The number of hydrogen-bond acceptors (Lipinski definition) is 5. The van der Waals surface area contributed by atoms with Gasteiger partial charge in [0.25, 0.3) is 5.91 Å². The Morgan fingerprint density at radius 1 is 1.07 bits per heavy atom. The first kappa shape index (κ1) is 19.4. The number of ether oxygens (including phenoxy) is 1. The summed E-state index contributed by atoms with van der Waals surface area (Å²) < 4.78 is 32.9. The number of nitrogens with zero attached hydrogens (tertiary/aromatic N) is 2. The van der Waals surface area contributed by atoms with Crippen LogP contribution in [0.25, 0.3) is 21.0 Å². The van der Waals surface area contributed by atoms with Crippen LogP contribution in [0, 0.1) is 0 Å². The van der Waals surface area contributed by atoms with Gasteiger partial charge in [0.1, 0.15) is 11.5 Å². The van der Waals surface area contributed by atoms with Crippen molar-refractivity contribution in [1.82, 2.24) is 4.57 Å². The first-order chi connectivity index (χ1) is 13.9. The van der Waals surface area contributed by atoms with E-state index in [2.05, 4.69) is 4.99 Å². The molecule has 0 saturated heterocycles. The molecular weight excluding hydrogens is 408 g/mol. The Morgan fingerprint density at radius 3 is 2.52 bits per heavy atom. The molecule has 29 heavy (non-hydrogen) atoms. The molecule has 1 heterocycles. The number of fused-ring (bicyclic) bond motifs is 3. The van der Waals surface area contributed by atoms with Gasteiger partial charge >= 0.3 is 0 Å². The molecule has 3 aromatic carbocycles. The van der Waals surface area contributed by atoms with Gasteiger partial charge < -0.3 is 9.30 Å². The number of methoxy groups -OCH3 is 1. The topological polar surface area (TPSA) is 77.7 Å². The van der Waals surface area contributed by atoms with E-state index >= 15 is 0 Å². The third-order valence-electron chi connectivity index (χ3n) is 4.64. The van der Waals surface area contributed by atoms with Crippen molar-refractivity contribution in [2.75, 3.05) is 12.9 Å². The second-order valence-electron chi connectivity index (χ2n) is 6.52. The summed E-state index contributed by atoms with van der Waals surface area (Å²) in [6.45, 7) is 0. The van der Waals surface area contributed by atoms with Crippen LogP contribution in [-0.4, -0.2) is 31.8 Å². The fourth-order valence-corrected chi connectivity index (χ4v) is 5.35. The number of thiazole rings is 1. The highest BCUT2D eigenvalue weighted by Crippen LogP contribution is 2.26. The predicted octanol–water partition coefficient (Wildman–Crippen LogP) is 3.30. The van der Waals surface area contributed by atoms with Gasteiger partial charge in [-0.2, -0.15) is 4.99 Å². The molecule has 0 aliphatic heterocycles. The summed E-state index contributed by atoms with van der Waals surface area (Å²) in [5.74, 6) is -0.842. The van der Waals surface area contributed by atoms with Crippen LogP contribution in [0.15, 0.2) is 70.6 Å². The maximum absolute atomic E-state index is 12.5. The number of rotatable bonds is 4. The highest BCUT2D eigenvalue weighted by atomic mass is 32.2. The van der Waals surface area contributed by atoms with Crippen molar-refractivity contribution in [3.63, 3.8) is 0 Å². The molecule has 0 N–H and O–H groups in total. The second-order valence-corrected chi connectivity index (χ2v) is 9.52. The van der Waals surface area contributed by atoms with Gasteiger partial charge in [-0.3, -0.25) is 4.79 Å². The van der Waals surface area contributed by atoms with E-state index in [0.717, 1.165) is 21.0 Å². The van der Waals surface area contributed by atoms with E-state index in [1.54, 1.807) is 12.1 Å². The third-order valence-corrected chi connectivity index (χ3v) is 7.35. The highest BCUT2D eigenvalue weighted by molar-refractivity contribution is 7.92. The fraction of sp³-hybridized carbons (Fsp3) is 0.143. The average molecular weight is 427 g/mol. The van der Waals surface area contributed by atoms with Gasteiger partial charge in [0.15, 0.2) is 14.6 Å². The van der Waals surface area contributed by atoms with Crippen LogP contribution in [0.5, 0.6) is 5.75 Å². The lowest BCUT2D eigenvalue weighted by Crippen LogP contribution is -2.19. The van der Waals surface area contributed by atoms with Gasteiger partial charge in [0, 0.05) is 12.4 Å². The van der Waals surface area contributed by atoms with E-state index in [1.165, 1.54) is 30.6 Å². The van der Waals surface area contributed by atoms with Gasteiger partial charge in [-0.15, -0.1) is 0 Å². The van der Waals surface area contributed by atoms with Crippen LogP contribution in [-0.2, 0) is 21.7 Å². The predicted molar refractivity (Wildman–Crippen MR) is 114 cm³/mol. The highest BCUT2D eigenvalue weighted by Gasteiger charge is 2.19. The summed E-state index contributed by atoms with van der Waals surface area (Å²) in [6, 6.07) is 17.9. The number of aryl methyl sites for hydroxylation is 1. The van der Waals surface area contributed by atoms with E-state index < -0.39 is 21.5 Å². The number of benzene rings is 3. The van der Waals surface area contributed by atoms with Crippen molar-refractivity contribution in [2.45, 2.75) is 4.90 Å². The van der Waals surface area contributed by atoms with Gasteiger partial charge in [-0.05, 0) is 35.7 Å². The molecule has 148 valence electrons. The zero-order chi connectivity index (χ0) is 20.6. The second kappa shape index (κ2) is 7.46. The minimum absolute atomic E-state index is 0.0635. The van der Waals surface area contributed by atoms with Crippen molar-refractivity contribution in [1.29, 1.82) is 0 Å². The number of amides is 1. The van der Waals surface area contributed by atoms with E-state index in [9.17, 15) is 13.2 Å². The van der Waals surface area contributed by atoms with Crippen LogP contribution in [0.4, 0.5) is 0 Å². The summed E-state index contributed by atoms with van der Waals surface area (Å²) in [5.41, 5.74) is 0.970. The van der Waals surface area contributed by atoms with Gasteiger partial charge in [-0.1, -0.05) is 41.7 Å². The minimum Gasteiger partial charge on any atom is -0.497 e. The Morgan fingerprint density at radius 2 is 1.79 bits per heavy atom. The Hall–Kier alpha value is -2.97. The minimum atomic E-state index is -3.79. The number of carbonyl (C=O) groups excluding carboxylic acids is 1. The lowest BCUT2D eigenvalue weighted by molar-refractivity contribution is -0.115. The van der Waals surface area contributed by atoms with Crippen LogP contribution < -0.4 is 9.54 Å². The van der Waals surface area contributed by atoms with E-state index in [1.807, 2.05) is 48.0 Å². The molecule has 0 radical (unpaired) electrons. The van der Waals surface area contributed by atoms with Crippen molar-refractivity contribution in [2.24, 2.45) is 12.0 Å². The van der Waals surface area contributed by atoms with Crippen LogP contribution in [0.1, 0.15) is 0 Å². The molecule has 0 saturated carbocycles. The summed E-state index contributed by atoms with van der Waals surface area (Å²) in [4.78, 5) is 17.1. The summed E-state index contributed by atoms with van der Waals surface area (Å²) in [6.07, 6.45) is 0. The molecular formula is C21H18N2O4S2. The molecule has 0 atom stereocenters. The van der Waals surface area contributed by atoms with Crippen molar-refractivity contribution >= 4 is 48.1 Å². The molecule has 4 rings (SSSR count). The lowest BCUT2D eigenvalue weighted by Gasteiger charge is -2.04. The van der Waals surface area contributed by atoms with Crippen molar-refractivity contribution in [3.05, 3.63) is 65.5 Å². The van der Waals surface area contributed by atoms with E-state index in [-0.39, 0.29) is 4.90 Å². The standard InChI is InChI=1S/C21H18N2O4S2/c1-23-20-17-6-4-3-5-14(17)7-12-18(20)28-21(23)22-19(24)13-29(25,26)16-10-8-15(27-2)9-11-16/h3-12H,13H2,1-2H3. The normalized spacial score (nSPS) is 12.6. The third kappa shape index (κ3) is 3.68. The fourth-order valence-electron chi connectivity index (χ4n) is 3.19. The molecule has 1 amide bonds. The van der Waals surface area contributed by atoms with Gasteiger partial charge in [0.05, 0.1) is 22.2 Å². The average Bonchev–Trinajstić information content (AvgIpc) is 3.03. The van der Waals surface area contributed by atoms with Crippen molar-refractivity contribution in [3.8, 4) is 5.75 Å². The number of aromatic nitrogens is 1. The first-order valence-electron chi connectivity index (χ1n) is 8.81. The van der Waals surface area contributed by atoms with Crippen LogP contribution >= 0.6 is 11.3 Å². The summed E-state index contributed by atoms with van der Waals surface area (Å²) in [5, 5.41) is 2.15. The molecule has 6 nitrogen and oxygen atoms in total. The largest absolute Gasteiger partial charge is 0.497 e. The molecule has 0 fully saturated rings. The Kier molecular flexibility index (Phi) is 4.97. The molecule has 0 aliphatic rings. The lowest BCUT2D eigenvalue weighted by atomic mass is 10.1. The molecule has 4 aromatic rings. The number of hydrogen-bond donors (Lipinski definition) is 0. The zero-order valence-electron chi connectivity index (χ0n) is 15.8. The Labute approximate surface area is 171 Å². The van der Waals surface area contributed by atoms with Gasteiger partial charge in [0.2, 0.25) is 0 Å². The van der Waals surface area contributed by atoms with Crippen LogP contribution in [0.2, 0.25) is 0 Å². The SMILES string of the molecule is COc1ccc(S(=O)(=O)CC(=O)N=c2sc3ccc4ccccc4c3n2C)cc1. The molecule has 0 spiro atoms. The molecule has 0 unspecified atom stereocenters. The molecule has 0 aliphatic carbocycles. The number of carbonyl (C=O) groups is 1. The van der Waals surface area contributed by atoms with Crippen molar-refractivity contribution < 1.29 is 17.9 Å². The molecule has 8 heteroatoms. The molecule has 0 bridgehead atoms. The van der Waals surface area contributed by atoms with E-state index in [0.29, 0.717) is 10.6 Å². The Bertz CT molecular complexity index is 1400. The zero-order valence-corrected chi connectivity index (χ0v) is 17.5. The summed E-state index contributed by atoms with van der Waals surface area (Å²) >= 11 is 1.36. The van der Waals surface area contributed by atoms with E-state index in [4.69, 9.17) is 4.74 Å². The number of sulfone groups is 1. The maximum Gasteiger partial charge on any atom is 0.263 e. The smallest absolute Gasteiger partial charge is 0.263 e. The quantitative estimate of drug-likeness (QED) is 0.502. The van der Waals surface area contributed by atoms with Crippen LogP contribution in [0.3, 0.4) is 0 Å². The summed E-state index contributed by atoms with van der Waals surface area (Å²) in [7, 11) is -0.457. The Balaban J connectivity index is 1.70. The first-order valence-corrected chi connectivity index (χ1v) is 11.3. The van der Waals surface area contributed by atoms with Gasteiger partial charge in [-0.25, -0.2) is 8.42 Å². The monoisotopic (exact) mass is 426 g/mol. The maximum atomic E-state index is 12.5.